The van der Waals surface area contributed by atoms with Crippen molar-refractivity contribution in [1.82, 2.24) is 14.4 Å². The number of non-ortho nitro benzene ring substituents is 1. The molecule has 1 aromatic heterocycles. The summed E-state index contributed by atoms with van der Waals surface area (Å²) >= 11 is 0. The maximum absolute atomic E-state index is 13.9. The minimum Gasteiger partial charge on any atom is -0.497 e. The highest BCUT2D eigenvalue weighted by atomic mass is 16.6. The average Bonchev–Trinajstić information content (AvgIpc) is 3.46. The Morgan fingerprint density at radius 2 is 1.63 bits per heavy atom. The first-order chi connectivity index (χ1) is 20.9. The first kappa shape index (κ1) is 31.0. The molecule has 3 aromatic carbocycles. The summed E-state index contributed by atoms with van der Waals surface area (Å²) in [6.45, 7) is 1.74. The number of ether oxygens (including phenoxy) is 2. The van der Waals surface area contributed by atoms with Gasteiger partial charge in [0.15, 0.2) is 0 Å². The standard InChI is InChI=1S/C33H36N4O6/c1-42-19-9-18-35(33(39)28-13-7-14-29(21-28)37(40)41)25-32(38)36(22-26-10-4-3-5-11-26)24-30-15-8-17-34(30)23-27-12-6-16-31(20-27)43-2/h3-8,10-17,20-21H,9,18-19,22-25H2,1-2H3. The Hall–Kier alpha value is -4.96. The van der Waals surface area contributed by atoms with Crippen molar-refractivity contribution < 1.29 is 24.0 Å². The number of nitrogens with zero attached hydrogens (tertiary/aromatic N) is 4. The lowest BCUT2D eigenvalue weighted by molar-refractivity contribution is -0.384. The molecule has 0 radical (unpaired) electrons. The van der Waals surface area contributed by atoms with Gasteiger partial charge in [0.2, 0.25) is 5.91 Å². The zero-order valence-corrected chi connectivity index (χ0v) is 24.4. The van der Waals surface area contributed by atoms with E-state index in [1.165, 1.54) is 29.2 Å². The van der Waals surface area contributed by atoms with Crippen molar-refractivity contribution >= 4 is 17.5 Å². The third-order valence-corrected chi connectivity index (χ3v) is 7.03. The second-order valence-corrected chi connectivity index (χ2v) is 10.1. The summed E-state index contributed by atoms with van der Waals surface area (Å²) in [6.07, 6.45) is 2.48. The van der Waals surface area contributed by atoms with Crippen LogP contribution in [0, 0.1) is 10.1 Å². The van der Waals surface area contributed by atoms with E-state index in [1.807, 2.05) is 72.9 Å². The van der Waals surface area contributed by atoms with Gasteiger partial charge in [-0.05, 0) is 47.9 Å². The summed E-state index contributed by atoms with van der Waals surface area (Å²) in [4.78, 5) is 41.4. The second-order valence-electron chi connectivity index (χ2n) is 10.1. The van der Waals surface area contributed by atoms with Crippen molar-refractivity contribution in [3.8, 4) is 5.75 Å². The summed E-state index contributed by atoms with van der Waals surface area (Å²) in [7, 11) is 3.20. The average molecular weight is 585 g/mol. The minimum absolute atomic E-state index is 0.154. The van der Waals surface area contributed by atoms with Crippen LogP contribution in [0.15, 0.2) is 97.2 Å². The summed E-state index contributed by atoms with van der Waals surface area (Å²) in [5.41, 5.74) is 2.92. The molecule has 0 aliphatic rings. The number of nitro benzene ring substituents is 1. The third-order valence-electron chi connectivity index (χ3n) is 7.03. The van der Waals surface area contributed by atoms with Crippen LogP contribution in [-0.4, -0.2) is 65.0 Å². The molecular weight excluding hydrogens is 548 g/mol. The van der Waals surface area contributed by atoms with Gasteiger partial charge >= 0.3 is 0 Å². The van der Waals surface area contributed by atoms with Gasteiger partial charge in [0.1, 0.15) is 12.3 Å². The molecular formula is C33H36N4O6. The molecule has 0 atom stereocenters. The highest BCUT2D eigenvalue weighted by Gasteiger charge is 2.24. The van der Waals surface area contributed by atoms with Crippen LogP contribution in [0.1, 0.15) is 33.6 Å². The van der Waals surface area contributed by atoms with Crippen LogP contribution in [0.4, 0.5) is 5.69 Å². The molecule has 0 N–H and O–H groups in total. The SMILES string of the molecule is COCCCN(CC(=O)N(Cc1ccccc1)Cc1cccn1Cc1cccc(OC)c1)C(=O)c1cccc([N+](=O)[O-])c1. The van der Waals surface area contributed by atoms with E-state index in [-0.39, 0.29) is 30.2 Å². The van der Waals surface area contributed by atoms with Crippen molar-refractivity contribution in [3.63, 3.8) is 0 Å². The molecule has 43 heavy (non-hydrogen) atoms. The quantitative estimate of drug-likeness (QED) is 0.109. The van der Waals surface area contributed by atoms with E-state index in [0.717, 1.165) is 22.6 Å². The molecule has 224 valence electrons. The zero-order valence-electron chi connectivity index (χ0n) is 24.4. The van der Waals surface area contributed by atoms with E-state index < -0.39 is 10.8 Å². The minimum atomic E-state index is -0.542. The maximum Gasteiger partial charge on any atom is 0.270 e. The van der Waals surface area contributed by atoms with Gasteiger partial charge in [0, 0.05) is 62.9 Å². The third kappa shape index (κ3) is 8.76. The van der Waals surface area contributed by atoms with Crippen LogP contribution in [-0.2, 0) is 29.2 Å². The van der Waals surface area contributed by atoms with Gasteiger partial charge < -0.3 is 23.8 Å². The van der Waals surface area contributed by atoms with Crippen LogP contribution in [0.25, 0.3) is 0 Å². The number of methoxy groups -OCH3 is 2. The van der Waals surface area contributed by atoms with Crippen LogP contribution < -0.4 is 4.74 Å². The molecule has 0 spiro atoms. The van der Waals surface area contributed by atoms with Crippen LogP contribution in [0.5, 0.6) is 5.75 Å². The zero-order chi connectivity index (χ0) is 30.6. The summed E-state index contributed by atoms with van der Waals surface area (Å²) in [6, 6.07) is 27.0. The Balaban J connectivity index is 1.58. The Kier molecular flexibility index (Phi) is 11.0. The fourth-order valence-corrected chi connectivity index (χ4v) is 4.80. The predicted molar refractivity (Wildman–Crippen MR) is 163 cm³/mol. The Labute approximate surface area is 251 Å². The lowest BCUT2D eigenvalue weighted by Crippen LogP contribution is -2.43. The summed E-state index contributed by atoms with van der Waals surface area (Å²) in [5.74, 6) is 0.0810. The van der Waals surface area contributed by atoms with Gasteiger partial charge in [-0.25, -0.2) is 0 Å². The lowest BCUT2D eigenvalue weighted by Gasteiger charge is -2.28. The molecule has 10 heteroatoms. The maximum atomic E-state index is 13.9. The predicted octanol–water partition coefficient (Wildman–Crippen LogP) is 5.16. The largest absolute Gasteiger partial charge is 0.497 e. The van der Waals surface area contributed by atoms with E-state index in [0.29, 0.717) is 32.7 Å². The lowest BCUT2D eigenvalue weighted by atomic mass is 10.1. The molecule has 0 saturated carbocycles. The Bertz CT molecular complexity index is 1520. The number of aromatic nitrogens is 1. The van der Waals surface area contributed by atoms with Crippen molar-refractivity contribution in [2.75, 3.05) is 33.9 Å². The van der Waals surface area contributed by atoms with Gasteiger partial charge in [0.25, 0.3) is 11.6 Å². The van der Waals surface area contributed by atoms with Gasteiger partial charge in [-0.2, -0.15) is 0 Å². The monoisotopic (exact) mass is 584 g/mol. The fraction of sp³-hybridized carbons (Fsp3) is 0.273. The van der Waals surface area contributed by atoms with Gasteiger partial charge in [-0.3, -0.25) is 19.7 Å². The number of hydrogen-bond donors (Lipinski definition) is 0. The number of rotatable bonds is 15. The van der Waals surface area contributed by atoms with Gasteiger partial charge in [-0.1, -0.05) is 48.5 Å². The van der Waals surface area contributed by atoms with Crippen molar-refractivity contribution in [2.24, 2.45) is 0 Å². The van der Waals surface area contributed by atoms with Crippen LogP contribution in [0.2, 0.25) is 0 Å². The molecule has 4 aromatic rings. The smallest absolute Gasteiger partial charge is 0.270 e. The Morgan fingerprint density at radius 3 is 2.37 bits per heavy atom. The van der Waals surface area contributed by atoms with Gasteiger partial charge in [-0.15, -0.1) is 0 Å². The molecule has 0 saturated heterocycles. The van der Waals surface area contributed by atoms with E-state index >= 15 is 0 Å². The number of hydrogen-bond acceptors (Lipinski definition) is 6. The van der Waals surface area contributed by atoms with E-state index in [4.69, 9.17) is 9.47 Å². The highest BCUT2D eigenvalue weighted by Crippen LogP contribution is 2.19. The highest BCUT2D eigenvalue weighted by molar-refractivity contribution is 5.97. The normalized spacial score (nSPS) is 10.7. The van der Waals surface area contributed by atoms with Crippen LogP contribution in [0.3, 0.4) is 0 Å². The fourth-order valence-electron chi connectivity index (χ4n) is 4.80. The molecule has 10 nitrogen and oxygen atoms in total. The van der Waals surface area contributed by atoms with E-state index in [2.05, 4.69) is 4.57 Å². The summed E-state index contributed by atoms with van der Waals surface area (Å²) in [5, 5.41) is 11.3. The van der Waals surface area contributed by atoms with Crippen molar-refractivity contribution in [1.29, 1.82) is 0 Å². The van der Waals surface area contributed by atoms with E-state index in [9.17, 15) is 19.7 Å². The molecule has 0 bridgehead atoms. The molecule has 1 heterocycles. The van der Waals surface area contributed by atoms with Gasteiger partial charge in [0.05, 0.1) is 18.6 Å². The van der Waals surface area contributed by atoms with Crippen LogP contribution >= 0.6 is 0 Å². The molecule has 0 aliphatic carbocycles. The van der Waals surface area contributed by atoms with Crippen molar-refractivity contribution in [3.05, 3.63) is 130 Å². The molecule has 2 amide bonds. The number of nitro groups is 1. The first-order valence-corrected chi connectivity index (χ1v) is 14.0. The molecule has 0 unspecified atom stereocenters. The number of benzene rings is 3. The number of amides is 2. The summed E-state index contributed by atoms with van der Waals surface area (Å²) < 4.78 is 12.6. The number of carbonyl (C=O) groups excluding carboxylic acids is 2. The topological polar surface area (TPSA) is 107 Å². The number of carbonyl (C=O) groups is 2. The first-order valence-electron chi connectivity index (χ1n) is 14.0. The van der Waals surface area contributed by atoms with Crippen molar-refractivity contribution in [2.45, 2.75) is 26.1 Å². The van der Waals surface area contributed by atoms with E-state index in [1.54, 1.807) is 19.1 Å². The molecule has 4 rings (SSSR count). The Morgan fingerprint density at radius 1 is 0.860 bits per heavy atom. The molecule has 0 aliphatic heterocycles. The second kappa shape index (κ2) is 15.3. The molecule has 0 fully saturated rings.